The average Bonchev–Trinajstić information content (AvgIpc) is 3.33. The molecule has 2 heterocycles. The first-order valence-electron chi connectivity index (χ1n) is 28.2. The lowest BCUT2D eigenvalue weighted by atomic mass is 9.55. The van der Waals surface area contributed by atoms with Crippen LogP contribution in [0.5, 0.6) is 0 Å². The minimum Gasteiger partial charge on any atom is -0.309 e. The zero-order valence-electron chi connectivity index (χ0n) is 47.3. The summed E-state index contributed by atoms with van der Waals surface area (Å²) in [6.07, 6.45) is 0. The third-order valence-electron chi connectivity index (χ3n) is 17.5. The fourth-order valence-corrected chi connectivity index (χ4v) is 21.2. The van der Waals surface area contributed by atoms with E-state index in [0.717, 1.165) is 11.4 Å². The van der Waals surface area contributed by atoms with Gasteiger partial charge in [0.1, 0.15) is 0 Å². The molecule has 0 aliphatic heterocycles. The van der Waals surface area contributed by atoms with Gasteiger partial charge in [0, 0.05) is 59.1 Å². The van der Waals surface area contributed by atoms with Gasteiger partial charge >= 0.3 is 0 Å². The van der Waals surface area contributed by atoms with E-state index in [1.807, 2.05) is 22.7 Å². The lowest BCUT2D eigenvalue weighted by Crippen LogP contribution is -2.40. The normalized spacial score (nSPS) is 14.1. The summed E-state index contributed by atoms with van der Waals surface area (Å²) in [4.78, 5) is 5.15. The number of hydrogen-bond acceptors (Lipinski definition) is 4. The van der Waals surface area contributed by atoms with Crippen molar-refractivity contribution in [1.29, 1.82) is 0 Å². The molecule has 0 unspecified atom stereocenters. The molecule has 0 saturated heterocycles. The standard InChI is InChI=1S/C73H66N2S2Si2/c1-44-36-45(2)39-50(38-44)74(64-28-16-20-52-54-22-18-30-66(78(7)8)70(54)76-68(52)64)48-32-34-58-56(42-48)57-43-49(33-35-59(57)73(58)62-26-14-12-24-60(62)72(5,6)61-25-13-15-27-63(61)73)75(51-40-46(3)37-47(4)41-51)65-29-17-21-53-55-23-19-31-67(79(9,10)11)71(55)77-69(53)65/h12-43,78H,1-11H3. The summed E-state index contributed by atoms with van der Waals surface area (Å²) >= 11 is 3.96. The lowest BCUT2D eigenvalue weighted by Gasteiger charge is -2.46. The lowest BCUT2D eigenvalue weighted by molar-refractivity contribution is 0.563. The highest BCUT2D eigenvalue weighted by Crippen LogP contribution is 2.64. The highest BCUT2D eigenvalue weighted by molar-refractivity contribution is 7.28. The van der Waals surface area contributed by atoms with Crippen molar-refractivity contribution >= 4 is 124 Å². The molecule has 0 radical (unpaired) electrons. The maximum absolute atomic E-state index is 2.57. The number of rotatable bonds is 8. The molecule has 0 N–H and O–H groups in total. The topological polar surface area (TPSA) is 6.48 Å². The molecule has 0 fully saturated rings. The van der Waals surface area contributed by atoms with Crippen LogP contribution in [0.1, 0.15) is 69.5 Å². The van der Waals surface area contributed by atoms with E-state index in [-0.39, 0.29) is 5.41 Å². The van der Waals surface area contributed by atoms with Gasteiger partial charge in [0.05, 0.1) is 43.1 Å². The highest BCUT2D eigenvalue weighted by Gasteiger charge is 2.53. The predicted molar refractivity (Wildman–Crippen MR) is 351 cm³/mol. The molecular weight excluding hydrogens is 1030 g/mol. The second kappa shape index (κ2) is 18.1. The smallest absolute Gasteiger partial charge is 0.0794 e. The van der Waals surface area contributed by atoms with Crippen molar-refractivity contribution in [2.45, 2.75) is 85.1 Å². The van der Waals surface area contributed by atoms with E-state index in [1.54, 1.807) is 5.19 Å². The third kappa shape index (κ3) is 7.51. The van der Waals surface area contributed by atoms with Crippen LogP contribution in [0.25, 0.3) is 51.5 Å². The van der Waals surface area contributed by atoms with Gasteiger partial charge in [-0.1, -0.05) is 180 Å². The molecular formula is C73H66N2S2Si2. The van der Waals surface area contributed by atoms with Gasteiger partial charge < -0.3 is 9.80 Å². The highest BCUT2D eigenvalue weighted by atomic mass is 32.1. The molecule has 6 heteroatoms. The number of aryl methyl sites for hydroxylation is 4. The van der Waals surface area contributed by atoms with Crippen LogP contribution in [0, 0.1) is 27.7 Å². The molecule has 388 valence electrons. The average molecular weight is 1090 g/mol. The Balaban J connectivity index is 1.08. The molecule has 2 aliphatic rings. The van der Waals surface area contributed by atoms with Gasteiger partial charge in [-0.2, -0.15) is 0 Å². The molecule has 2 aromatic heterocycles. The number of thiophene rings is 2. The van der Waals surface area contributed by atoms with Gasteiger partial charge in [0.15, 0.2) is 0 Å². The van der Waals surface area contributed by atoms with Gasteiger partial charge in [0.2, 0.25) is 0 Å². The summed E-state index contributed by atoms with van der Waals surface area (Å²) in [7, 11) is -2.78. The zero-order valence-corrected chi connectivity index (χ0v) is 51.1. The van der Waals surface area contributed by atoms with Crippen LogP contribution in [0.4, 0.5) is 34.1 Å². The summed E-state index contributed by atoms with van der Waals surface area (Å²) in [5.41, 5.74) is 22.0. The third-order valence-corrected chi connectivity index (χ3v) is 24.2. The first kappa shape index (κ1) is 49.9. The molecule has 1 spiro atoms. The molecule has 0 bridgehead atoms. The molecule has 10 aromatic carbocycles. The summed E-state index contributed by atoms with van der Waals surface area (Å²) in [6, 6.07) is 75.9. The van der Waals surface area contributed by atoms with E-state index in [0.29, 0.717) is 0 Å². The van der Waals surface area contributed by atoms with Crippen LogP contribution in [0.3, 0.4) is 0 Å². The van der Waals surface area contributed by atoms with Crippen LogP contribution < -0.4 is 20.2 Å². The van der Waals surface area contributed by atoms with Gasteiger partial charge in [0.25, 0.3) is 0 Å². The Kier molecular flexibility index (Phi) is 11.4. The van der Waals surface area contributed by atoms with E-state index in [9.17, 15) is 0 Å². The van der Waals surface area contributed by atoms with Crippen molar-refractivity contribution in [3.05, 3.63) is 250 Å². The fourth-order valence-electron chi connectivity index (χ4n) is 14.2. The molecule has 0 atom stereocenters. The Hall–Kier alpha value is -7.33. The molecule has 2 aliphatic carbocycles. The monoisotopic (exact) mass is 1090 g/mol. The quantitative estimate of drug-likeness (QED) is 0.140. The summed E-state index contributed by atoms with van der Waals surface area (Å²) < 4.78 is 5.52. The maximum Gasteiger partial charge on any atom is 0.0794 e. The first-order valence-corrected chi connectivity index (χ1v) is 36.2. The zero-order chi connectivity index (χ0) is 54.4. The molecule has 0 saturated carbocycles. The predicted octanol–water partition coefficient (Wildman–Crippen LogP) is 19.8. The van der Waals surface area contributed by atoms with E-state index < -0.39 is 22.3 Å². The first-order chi connectivity index (χ1) is 38.0. The van der Waals surface area contributed by atoms with Gasteiger partial charge in [-0.25, -0.2) is 0 Å². The molecule has 14 rings (SSSR count). The van der Waals surface area contributed by atoms with Crippen molar-refractivity contribution < 1.29 is 0 Å². The number of anilines is 6. The van der Waals surface area contributed by atoms with E-state index in [1.165, 1.54) is 135 Å². The van der Waals surface area contributed by atoms with Crippen molar-refractivity contribution in [2.24, 2.45) is 0 Å². The van der Waals surface area contributed by atoms with Gasteiger partial charge in [-0.05, 0) is 165 Å². The van der Waals surface area contributed by atoms with Crippen molar-refractivity contribution in [1.82, 2.24) is 0 Å². The second-order valence-corrected chi connectivity index (χ2v) is 34.6. The SMILES string of the molecule is Cc1cc(C)cc(N(c2ccc3c(c2)-c2cc(N(c4cc(C)cc(C)c4)c4cccc5c4sc4c([Si](C)(C)C)cccc45)ccc2C32c3ccccc3C(C)(C)c3ccccc32)c2cccc3c2sc2c([SiH](C)C)cccc23)c1. The summed E-state index contributed by atoms with van der Waals surface area (Å²) in [6.45, 7) is 26.2. The minimum absolute atomic E-state index is 0.208. The minimum atomic E-state index is -1.67. The van der Waals surface area contributed by atoms with E-state index in [4.69, 9.17) is 0 Å². The summed E-state index contributed by atoms with van der Waals surface area (Å²) in [5, 5.41) is 8.45. The molecule has 2 nitrogen and oxygen atoms in total. The maximum atomic E-state index is 2.57. The number of benzene rings is 10. The van der Waals surface area contributed by atoms with Crippen LogP contribution >= 0.6 is 22.7 Å². The Morgan fingerprint density at radius 1 is 0.380 bits per heavy atom. The van der Waals surface area contributed by atoms with Crippen LogP contribution in [0.2, 0.25) is 32.7 Å². The van der Waals surface area contributed by atoms with E-state index >= 15 is 0 Å². The number of fused-ring (bicyclic) bond motifs is 15. The Morgan fingerprint density at radius 3 is 1.24 bits per heavy atom. The molecule has 12 aromatic rings. The Morgan fingerprint density at radius 2 is 0.785 bits per heavy atom. The van der Waals surface area contributed by atoms with Crippen molar-refractivity contribution in [3.8, 4) is 11.1 Å². The van der Waals surface area contributed by atoms with Crippen LogP contribution in [-0.4, -0.2) is 16.9 Å². The van der Waals surface area contributed by atoms with Crippen molar-refractivity contribution in [2.75, 3.05) is 9.80 Å². The second-order valence-electron chi connectivity index (χ2n) is 24.6. The van der Waals surface area contributed by atoms with Crippen molar-refractivity contribution in [3.63, 3.8) is 0 Å². The molecule has 79 heavy (non-hydrogen) atoms. The van der Waals surface area contributed by atoms with Gasteiger partial charge in [-0.3, -0.25) is 0 Å². The van der Waals surface area contributed by atoms with Gasteiger partial charge in [-0.15, -0.1) is 22.7 Å². The Bertz CT molecular complexity index is 4420. The largest absolute Gasteiger partial charge is 0.309 e. The number of hydrogen-bond donors (Lipinski definition) is 0. The van der Waals surface area contributed by atoms with E-state index in [2.05, 4.69) is 278 Å². The Labute approximate surface area is 476 Å². The number of nitrogens with zero attached hydrogens (tertiary/aromatic N) is 2. The summed E-state index contributed by atoms with van der Waals surface area (Å²) in [5.74, 6) is 0. The fraction of sp³-hybridized carbons (Fsp3) is 0.178. The molecule has 0 amide bonds. The van der Waals surface area contributed by atoms with Crippen LogP contribution in [-0.2, 0) is 10.8 Å². The van der Waals surface area contributed by atoms with Crippen LogP contribution in [0.15, 0.2) is 194 Å².